The van der Waals surface area contributed by atoms with Crippen molar-refractivity contribution in [1.29, 1.82) is 0 Å². The number of hydrogen-bond acceptors (Lipinski definition) is 6. The highest BCUT2D eigenvalue weighted by Crippen LogP contribution is 2.30. The predicted octanol–water partition coefficient (Wildman–Crippen LogP) is 1.72. The molecule has 2 aromatic heterocycles. The molecule has 0 atom stereocenters. The molecule has 0 aliphatic carbocycles. The van der Waals surface area contributed by atoms with Crippen LogP contribution in [-0.4, -0.2) is 45.3 Å². The Bertz CT molecular complexity index is 837. The first kappa shape index (κ1) is 19.0. The van der Waals surface area contributed by atoms with Gasteiger partial charge in [-0.3, -0.25) is 24.8 Å². The standard InChI is InChI=1S/C15H12F3N5O3/c1-23(14(25)11-3-2-6-19-12(11)15(16,17)18)21-8-10-5-4-9(7-20-10)13(24)22-26/h2-8,26H,1H3,(H,22,24)/b21-8+. The minimum Gasteiger partial charge on any atom is -0.288 e. The highest BCUT2D eigenvalue weighted by atomic mass is 19.4. The number of rotatable bonds is 4. The van der Waals surface area contributed by atoms with Gasteiger partial charge in [0.2, 0.25) is 0 Å². The van der Waals surface area contributed by atoms with Gasteiger partial charge in [0.05, 0.1) is 23.0 Å². The molecule has 136 valence electrons. The predicted molar refractivity (Wildman–Crippen MR) is 82.4 cm³/mol. The van der Waals surface area contributed by atoms with Crippen LogP contribution in [0.2, 0.25) is 0 Å². The Morgan fingerprint density at radius 3 is 2.58 bits per heavy atom. The van der Waals surface area contributed by atoms with E-state index in [1.165, 1.54) is 30.7 Å². The van der Waals surface area contributed by atoms with Crippen molar-refractivity contribution in [2.45, 2.75) is 6.18 Å². The smallest absolute Gasteiger partial charge is 0.288 e. The number of carbonyl (C=O) groups excluding carboxylic acids is 2. The van der Waals surface area contributed by atoms with E-state index in [2.05, 4.69) is 15.1 Å². The number of aromatic nitrogens is 2. The largest absolute Gasteiger partial charge is 0.434 e. The van der Waals surface area contributed by atoms with Gasteiger partial charge in [-0.2, -0.15) is 18.3 Å². The van der Waals surface area contributed by atoms with Gasteiger partial charge in [-0.1, -0.05) is 0 Å². The van der Waals surface area contributed by atoms with Crippen LogP contribution in [0.3, 0.4) is 0 Å². The Morgan fingerprint density at radius 2 is 2.00 bits per heavy atom. The summed E-state index contributed by atoms with van der Waals surface area (Å²) in [5.41, 5.74) is -0.180. The van der Waals surface area contributed by atoms with Crippen molar-refractivity contribution in [2.24, 2.45) is 5.10 Å². The van der Waals surface area contributed by atoms with Gasteiger partial charge in [0.25, 0.3) is 11.8 Å². The third-order valence-electron chi connectivity index (χ3n) is 3.11. The number of carbonyl (C=O) groups is 2. The Balaban J connectivity index is 2.17. The van der Waals surface area contributed by atoms with Gasteiger partial charge in [-0.05, 0) is 24.3 Å². The number of nitrogens with zero attached hydrogens (tertiary/aromatic N) is 4. The first-order valence-corrected chi connectivity index (χ1v) is 6.98. The van der Waals surface area contributed by atoms with Crippen LogP contribution in [0, 0.1) is 0 Å². The Labute approximate surface area is 144 Å². The maximum Gasteiger partial charge on any atom is 0.434 e. The summed E-state index contributed by atoms with van der Waals surface area (Å²) in [5.74, 6) is -1.76. The summed E-state index contributed by atoms with van der Waals surface area (Å²) in [6, 6.07) is 4.93. The molecule has 2 aromatic rings. The fourth-order valence-corrected chi connectivity index (χ4v) is 1.86. The molecular formula is C15H12F3N5O3. The topological polar surface area (TPSA) is 108 Å². The highest BCUT2D eigenvalue weighted by molar-refractivity contribution is 5.96. The lowest BCUT2D eigenvalue weighted by atomic mass is 10.1. The Hall–Kier alpha value is -3.34. The maximum atomic E-state index is 12.9. The molecule has 0 spiro atoms. The van der Waals surface area contributed by atoms with E-state index in [1.807, 2.05) is 0 Å². The Kier molecular flexibility index (Phi) is 5.62. The van der Waals surface area contributed by atoms with Crippen molar-refractivity contribution in [2.75, 3.05) is 7.05 Å². The van der Waals surface area contributed by atoms with E-state index in [-0.39, 0.29) is 11.3 Å². The lowest BCUT2D eigenvalue weighted by molar-refractivity contribution is -0.141. The normalized spacial score (nSPS) is 11.4. The van der Waals surface area contributed by atoms with Crippen LogP contribution < -0.4 is 5.48 Å². The van der Waals surface area contributed by atoms with Crippen LogP contribution in [0.5, 0.6) is 0 Å². The number of hydrogen-bond donors (Lipinski definition) is 2. The molecule has 0 bridgehead atoms. The quantitative estimate of drug-likeness (QED) is 0.486. The summed E-state index contributed by atoms with van der Waals surface area (Å²) in [4.78, 5) is 30.4. The summed E-state index contributed by atoms with van der Waals surface area (Å²) in [6.45, 7) is 0. The molecule has 0 unspecified atom stereocenters. The van der Waals surface area contributed by atoms with Gasteiger partial charge in [0.15, 0.2) is 5.69 Å². The van der Waals surface area contributed by atoms with E-state index in [4.69, 9.17) is 5.21 Å². The number of halogens is 3. The molecule has 0 radical (unpaired) electrons. The second-order valence-electron chi connectivity index (χ2n) is 4.88. The highest BCUT2D eigenvalue weighted by Gasteiger charge is 2.37. The van der Waals surface area contributed by atoms with Crippen LogP contribution in [0.4, 0.5) is 13.2 Å². The number of alkyl halides is 3. The van der Waals surface area contributed by atoms with Gasteiger partial charge in [-0.25, -0.2) is 10.5 Å². The monoisotopic (exact) mass is 367 g/mol. The third-order valence-corrected chi connectivity index (χ3v) is 3.11. The molecule has 0 aromatic carbocycles. The van der Waals surface area contributed by atoms with Gasteiger partial charge >= 0.3 is 6.18 Å². The van der Waals surface area contributed by atoms with E-state index >= 15 is 0 Å². The average molecular weight is 367 g/mol. The van der Waals surface area contributed by atoms with E-state index < -0.39 is 29.2 Å². The van der Waals surface area contributed by atoms with E-state index in [9.17, 15) is 22.8 Å². The zero-order chi connectivity index (χ0) is 19.3. The van der Waals surface area contributed by atoms with Crippen LogP contribution in [0.15, 0.2) is 41.8 Å². The third kappa shape index (κ3) is 4.39. The van der Waals surface area contributed by atoms with E-state index in [0.29, 0.717) is 5.01 Å². The molecule has 0 saturated carbocycles. The zero-order valence-electron chi connectivity index (χ0n) is 13.2. The molecule has 0 saturated heterocycles. The Morgan fingerprint density at radius 1 is 1.27 bits per heavy atom. The summed E-state index contributed by atoms with van der Waals surface area (Å²) in [6.07, 6.45) is -1.56. The zero-order valence-corrected chi connectivity index (χ0v) is 13.2. The molecule has 8 nitrogen and oxygen atoms in total. The lowest BCUT2D eigenvalue weighted by Crippen LogP contribution is -2.25. The van der Waals surface area contributed by atoms with Gasteiger partial charge < -0.3 is 0 Å². The number of hydrazone groups is 1. The molecular weight excluding hydrogens is 355 g/mol. The van der Waals surface area contributed by atoms with Crippen molar-refractivity contribution in [3.63, 3.8) is 0 Å². The van der Waals surface area contributed by atoms with Crippen molar-refractivity contribution >= 4 is 18.0 Å². The summed E-state index contributed by atoms with van der Waals surface area (Å²) >= 11 is 0. The average Bonchev–Trinajstić information content (AvgIpc) is 2.64. The van der Waals surface area contributed by atoms with Crippen molar-refractivity contribution in [3.05, 3.63) is 59.2 Å². The first-order valence-electron chi connectivity index (χ1n) is 6.98. The van der Waals surface area contributed by atoms with Crippen LogP contribution in [0.25, 0.3) is 0 Å². The molecule has 0 aliphatic heterocycles. The summed E-state index contributed by atoms with van der Waals surface area (Å²) in [7, 11) is 1.18. The van der Waals surface area contributed by atoms with Crippen molar-refractivity contribution < 1.29 is 28.0 Å². The molecule has 2 amide bonds. The molecule has 0 fully saturated rings. The fraction of sp³-hybridized carbons (Fsp3) is 0.133. The maximum absolute atomic E-state index is 12.9. The van der Waals surface area contributed by atoms with Gasteiger partial charge in [-0.15, -0.1) is 0 Å². The number of amides is 2. The first-order chi connectivity index (χ1) is 12.2. The minimum absolute atomic E-state index is 0.0826. The fourth-order valence-electron chi connectivity index (χ4n) is 1.86. The summed E-state index contributed by atoms with van der Waals surface area (Å²) < 4.78 is 38.8. The van der Waals surface area contributed by atoms with Crippen LogP contribution in [-0.2, 0) is 6.18 Å². The molecule has 0 aliphatic rings. The van der Waals surface area contributed by atoms with Crippen LogP contribution >= 0.6 is 0 Å². The second kappa shape index (κ2) is 7.70. The second-order valence-corrected chi connectivity index (χ2v) is 4.88. The molecule has 2 rings (SSSR count). The SMILES string of the molecule is CN(/N=C/c1ccc(C(=O)NO)cn1)C(=O)c1cccnc1C(F)(F)F. The molecule has 26 heavy (non-hydrogen) atoms. The van der Waals surface area contributed by atoms with Gasteiger partial charge in [0.1, 0.15) is 0 Å². The number of hydroxylamine groups is 1. The number of nitrogens with one attached hydrogen (secondary N) is 1. The van der Waals surface area contributed by atoms with Crippen molar-refractivity contribution in [3.8, 4) is 0 Å². The summed E-state index contributed by atoms with van der Waals surface area (Å²) in [5, 5.41) is 12.9. The lowest BCUT2D eigenvalue weighted by Gasteiger charge is -2.14. The molecule has 2 N–H and O–H groups in total. The van der Waals surface area contributed by atoms with Gasteiger partial charge in [0, 0.05) is 19.4 Å². The number of pyridine rings is 2. The van der Waals surface area contributed by atoms with E-state index in [0.717, 1.165) is 24.7 Å². The minimum atomic E-state index is -4.78. The molecule has 2 heterocycles. The molecule has 11 heteroatoms. The van der Waals surface area contributed by atoms with E-state index in [1.54, 1.807) is 0 Å². The van der Waals surface area contributed by atoms with Crippen LogP contribution in [0.1, 0.15) is 32.1 Å². The van der Waals surface area contributed by atoms with Crippen molar-refractivity contribution in [1.82, 2.24) is 20.5 Å².